The quantitative estimate of drug-likeness (QED) is 0.0311. The Morgan fingerprint density at radius 2 is 0.737 bits per heavy atom. The van der Waals surface area contributed by atoms with Crippen LogP contribution < -0.4 is 5.32 Å². The molecule has 0 spiro atoms. The molecule has 334 valence electrons. The van der Waals surface area contributed by atoms with Crippen molar-refractivity contribution in [3.63, 3.8) is 0 Å². The molecule has 0 saturated heterocycles. The van der Waals surface area contributed by atoms with Gasteiger partial charge in [0.25, 0.3) is 0 Å². The number of nitrogens with one attached hydrogen (secondary N) is 1. The molecule has 0 heterocycles. The molecular weight excluding hydrogens is 707 g/mol. The minimum absolute atomic E-state index is 0.350. The third-order valence-corrected chi connectivity index (χ3v) is 11.2. The normalized spacial score (nSPS) is 14.4. The molecule has 5 N–H and O–H groups in total. The highest BCUT2D eigenvalue weighted by Gasteiger charge is 2.28. The summed E-state index contributed by atoms with van der Waals surface area (Å²) >= 11 is 0. The molecule has 0 radical (unpaired) electrons. The minimum Gasteiger partial charge on any atom is -0.394 e. The first-order chi connectivity index (χ1) is 28.0. The van der Waals surface area contributed by atoms with Gasteiger partial charge in [-0.2, -0.15) is 0 Å². The van der Waals surface area contributed by atoms with Gasteiger partial charge in [0.05, 0.1) is 18.8 Å². The van der Waals surface area contributed by atoms with E-state index in [0.717, 1.165) is 64.2 Å². The largest absolute Gasteiger partial charge is 0.394 e. The summed E-state index contributed by atoms with van der Waals surface area (Å²) in [5.74, 6) is -0.605. The Morgan fingerprint density at radius 1 is 0.421 bits per heavy atom. The van der Waals surface area contributed by atoms with Crippen molar-refractivity contribution in [2.75, 3.05) is 6.61 Å². The van der Waals surface area contributed by atoms with Crippen LogP contribution in [0.5, 0.6) is 0 Å². The minimum atomic E-state index is -1.30. The zero-order chi connectivity index (χ0) is 41.7. The van der Waals surface area contributed by atoms with Gasteiger partial charge in [0.1, 0.15) is 12.2 Å². The maximum absolute atomic E-state index is 12.5. The lowest BCUT2D eigenvalue weighted by molar-refractivity contribution is -0.132. The Balaban J connectivity index is 3.80. The van der Waals surface area contributed by atoms with Gasteiger partial charge >= 0.3 is 0 Å². The van der Waals surface area contributed by atoms with Crippen LogP contribution in [0.3, 0.4) is 0 Å². The van der Waals surface area contributed by atoms with Crippen molar-refractivity contribution in [1.82, 2.24) is 5.32 Å². The van der Waals surface area contributed by atoms with Crippen molar-refractivity contribution in [2.45, 2.75) is 263 Å². The van der Waals surface area contributed by atoms with Crippen LogP contribution in [0, 0.1) is 0 Å². The summed E-state index contributed by atoms with van der Waals surface area (Å²) in [5.41, 5.74) is 0. The van der Waals surface area contributed by atoms with E-state index >= 15 is 0 Å². The number of unbranched alkanes of at least 4 members (excludes halogenated alkanes) is 27. The molecule has 1 amide bonds. The topological polar surface area (TPSA) is 110 Å². The maximum atomic E-state index is 12.5. The summed E-state index contributed by atoms with van der Waals surface area (Å²) in [6.07, 6.45) is 55.8. The van der Waals surface area contributed by atoms with Crippen molar-refractivity contribution in [3.8, 4) is 0 Å². The second kappa shape index (κ2) is 45.4. The first-order valence-electron chi connectivity index (χ1n) is 24.5. The molecule has 4 unspecified atom stereocenters. The van der Waals surface area contributed by atoms with Crippen LogP contribution in [-0.4, -0.2) is 57.3 Å². The fraction of sp³-hybridized carbons (Fsp3) is 0.824. The highest BCUT2D eigenvalue weighted by molar-refractivity contribution is 5.80. The van der Waals surface area contributed by atoms with E-state index in [0.29, 0.717) is 19.3 Å². The van der Waals surface area contributed by atoms with Crippen LogP contribution >= 0.6 is 0 Å². The van der Waals surface area contributed by atoms with Crippen molar-refractivity contribution in [2.24, 2.45) is 0 Å². The van der Waals surface area contributed by atoms with Crippen LogP contribution in [0.15, 0.2) is 48.6 Å². The zero-order valence-corrected chi connectivity index (χ0v) is 37.6. The lowest BCUT2D eigenvalue weighted by Gasteiger charge is -2.27. The Labute approximate surface area is 353 Å². The summed E-state index contributed by atoms with van der Waals surface area (Å²) < 4.78 is 0. The third-order valence-electron chi connectivity index (χ3n) is 11.2. The number of aliphatic hydroxyl groups is 4. The average molecular weight is 802 g/mol. The van der Waals surface area contributed by atoms with Gasteiger partial charge in [-0.3, -0.25) is 4.79 Å². The van der Waals surface area contributed by atoms with Crippen LogP contribution in [-0.2, 0) is 4.79 Å². The van der Waals surface area contributed by atoms with E-state index in [9.17, 15) is 25.2 Å². The van der Waals surface area contributed by atoms with Gasteiger partial charge in [0.2, 0.25) is 5.91 Å². The predicted molar refractivity (Wildman–Crippen MR) is 247 cm³/mol. The molecule has 6 nitrogen and oxygen atoms in total. The van der Waals surface area contributed by atoms with Crippen LogP contribution in [0.2, 0.25) is 0 Å². The van der Waals surface area contributed by atoms with E-state index in [4.69, 9.17) is 0 Å². The second-order valence-electron chi connectivity index (χ2n) is 16.8. The molecule has 0 aliphatic rings. The molecule has 0 aliphatic heterocycles. The summed E-state index contributed by atoms with van der Waals surface area (Å²) in [6, 6.07) is -1.01. The summed E-state index contributed by atoms with van der Waals surface area (Å²) in [4.78, 5) is 12.5. The summed E-state index contributed by atoms with van der Waals surface area (Å²) in [5, 5.41) is 43.8. The Kier molecular flexibility index (Phi) is 44.0. The van der Waals surface area contributed by atoms with Gasteiger partial charge in [-0.05, 0) is 89.9 Å². The highest BCUT2D eigenvalue weighted by Crippen LogP contribution is 2.15. The number of carbonyl (C=O) groups is 1. The molecule has 0 fully saturated rings. The molecule has 6 heteroatoms. The van der Waals surface area contributed by atoms with Crippen LogP contribution in [0.4, 0.5) is 0 Å². The molecule has 0 saturated carbocycles. The van der Waals surface area contributed by atoms with Gasteiger partial charge < -0.3 is 25.7 Å². The highest BCUT2D eigenvalue weighted by atomic mass is 16.3. The molecule has 0 bridgehead atoms. The number of amides is 1. The zero-order valence-electron chi connectivity index (χ0n) is 37.6. The van der Waals surface area contributed by atoms with E-state index in [-0.39, 0.29) is 0 Å². The first-order valence-corrected chi connectivity index (χ1v) is 24.5. The van der Waals surface area contributed by atoms with Crippen molar-refractivity contribution in [3.05, 3.63) is 48.6 Å². The number of hydrogen-bond acceptors (Lipinski definition) is 5. The second-order valence-corrected chi connectivity index (χ2v) is 16.8. The Morgan fingerprint density at radius 3 is 1.11 bits per heavy atom. The predicted octanol–water partition coefficient (Wildman–Crippen LogP) is 13.5. The lowest BCUT2D eigenvalue weighted by Crippen LogP contribution is -2.53. The fourth-order valence-corrected chi connectivity index (χ4v) is 7.31. The van der Waals surface area contributed by atoms with Crippen LogP contribution in [0.1, 0.15) is 239 Å². The van der Waals surface area contributed by atoms with E-state index in [1.165, 1.54) is 141 Å². The smallest absolute Gasteiger partial charge is 0.249 e. The molecule has 0 aromatic rings. The van der Waals surface area contributed by atoms with Gasteiger partial charge in [0.15, 0.2) is 0 Å². The monoisotopic (exact) mass is 802 g/mol. The SMILES string of the molecule is CCCCCCCCCC/C=C\CCCCCCCCC(O)C(=O)NC(CO)C(O)C(O)CCC/C=C/CC/C=C/CC/C=C/CCCCCCCCCCCC. The summed E-state index contributed by atoms with van der Waals surface area (Å²) in [6.45, 7) is 4.04. The number of carbonyl (C=O) groups excluding carboxylic acids is 1. The van der Waals surface area contributed by atoms with E-state index in [1.54, 1.807) is 0 Å². The number of rotatable bonds is 44. The molecule has 0 aliphatic carbocycles. The van der Waals surface area contributed by atoms with Gasteiger partial charge in [-0.1, -0.05) is 197 Å². The molecule has 0 aromatic heterocycles. The van der Waals surface area contributed by atoms with Crippen molar-refractivity contribution in [1.29, 1.82) is 0 Å². The van der Waals surface area contributed by atoms with Crippen molar-refractivity contribution < 1.29 is 25.2 Å². The molecule has 4 atom stereocenters. The van der Waals surface area contributed by atoms with Crippen LogP contribution in [0.25, 0.3) is 0 Å². The van der Waals surface area contributed by atoms with Gasteiger partial charge in [0, 0.05) is 0 Å². The number of aliphatic hydroxyl groups excluding tert-OH is 4. The van der Waals surface area contributed by atoms with Gasteiger partial charge in [-0.15, -0.1) is 0 Å². The average Bonchev–Trinajstić information content (AvgIpc) is 3.22. The van der Waals surface area contributed by atoms with E-state index in [1.807, 2.05) is 0 Å². The lowest BCUT2D eigenvalue weighted by atomic mass is 10.00. The summed E-state index contributed by atoms with van der Waals surface area (Å²) in [7, 11) is 0. The van der Waals surface area contributed by atoms with Crippen molar-refractivity contribution >= 4 is 5.91 Å². The third kappa shape index (κ3) is 39.5. The Hall–Kier alpha value is -1.73. The van der Waals surface area contributed by atoms with E-state index < -0.39 is 36.9 Å². The number of allylic oxidation sites excluding steroid dienone is 8. The first kappa shape index (κ1) is 55.3. The maximum Gasteiger partial charge on any atom is 0.249 e. The molecule has 0 aromatic carbocycles. The number of hydrogen-bond donors (Lipinski definition) is 5. The standard InChI is InChI=1S/C51H95NO5/c1-3-5-7-9-11-13-15-17-19-21-23-24-25-26-27-29-30-32-34-36-38-40-42-44-48(54)50(56)47(46-53)52-51(57)49(55)45-43-41-39-37-35-33-31-28-22-20-18-16-14-12-10-8-6-4-2/h22,24-25,28-30,36,38,47-50,53-56H,3-21,23,26-27,31-35,37,39-46H2,1-2H3,(H,52,57)/b25-24+,28-22-,30-29+,38-36+. The molecular formula is C51H95NO5. The van der Waals surface area contributed by atoms with E-state index in [2.05, 4.69) is 67.8 Å². The molecule has 0 rings (SSSR count). The fourth-order valence-electron chi connectivity index (χ4n) is 7.31. The van der Waals surface area contributed by atoms with Gasteiger partial charge in [-0.25, -0.2) is 0 Å². The Bertz CT molecular complexity index is 946. The molecule has 57 heavy (non-hydrogen) atoms.